The van der Waals surface area contributed by atoms with Crippen molar-refractivity contribution in [2.75, 3.05) is 13.1 Å². The Hall–Kier alpha value is -2.63. The van der Waals surface area contributed by atoms with E-state index >= 15 is 0 Å². The first-order valence-electron chi connectivity index (χ1n) is 8.17. The number of rotatable bonds is 4. The third kappa shape index (κ3) is 3.48. The Morgan fingerprint density at radius 2 is 1.83 bits per heavy atom. The highest BCUT2D eigenvalue weighted by atomic mass is 16.4. The average Bonchev–Trinajstić information content (AvgIpc) is 3.00. The van der Waals surface area contributed by atoms with Gasteiger partial charge in [0.15, 0.2) is 0 Å². The molecule has 2 aromatic rings. The molecule has 0 radical (unpaired) electrons. The quantitative estimate of drug-likeness (QED) is 0.936. The van der Waals surface area contributed by atoms with Gasteiger partial charge in [-0.15, -0.1) is 0 Å². The van der Waals surface area contributed by atoms with Crippen LogP contribution >= 0.6 is 0 Å². The van der Waals surface area contributed by atoms with Crippen LogP contribution in [0.25, 0.3) is 5.69 Å². The number of amides is 1. The molecule has 0 saturated carbocycles. The summed E-state index contributed by atoms with van der Waals surface area (Å²) in [4.78, 5) is 25.2. The van der Waals surface area contributed by atoms with E-state index in [4.69, 9.17) is 5.11 Å². The first kappa shape index (κ1) is 16.2. The number of likely N-dealkylation sites (tertiary alicyclic amines) is 1. The molecule has 1 aliphatic rings. The Morgan fingerprint density at radius 3 is 2.38 bits per heavy atom. The van der Waals surface area contributed by atoms with Crippen LogP contribution in [0.3, 0.4) is 0 Å². The third-order valence-corrected chi connectivity index (χ3v) is 4.56. The smallest absolute Gasteiger partial charge is 0.303 e. The zero-order valence-corrected chi connectivity index (χ0v) is 13.7. The zero-order valence-electron chi connectivity index (χ0n) is 13.7. The molecule has 1 fully saturated rings. The minimum atomic E-state index is -0.760. The highest BCUT2D eigenvalue weighted by Gasteiger charge is 2.24. The molecule has 2 heterocycles. The molecule has 0 unspecified atom stereocenters. The van der Waals surface area contributed by atoms with E-state index in [1.807, 2.05) is 46.8 Å². The Labute approximate surface area is 140 Å². The second-order valence-corrected chi connectivity index (χ2v) is 6.26. The van der Waals surface area contributed by atoms with Gasteiger partial charge in [0.25, 0.3) is 5.91 Å². The summed E-state index contributed by atoms with van der Waals surface area (Å²) in [6.45, 7) is 3.22. The number of aromatic nitrogens is 2. The van der Waals surface area contributed by atoms with Crippen LogP contribution in [0.2, 0.25) is 0 Å². The summed E-state index contributed by atoms with van der Waals surface area (Å²) in [5, 5.41) is 13.1. The first-order chi connectivity index (χ1) is 11.5. The van der Waals surface area contributed by atoms with Gasteiger partial charge in [-0.2, -0.15) is 5.10 Å². The van der Waals surface area contributed by atoms with Gasteiger partial charge in [0.05, 0.1) is 5.69 Å². The van der Waals surface area contributed by atoms with Gasteiger partial charge in [-0.1, -0.05) is 0 Å². The molecule has 6 nitrogen and oxygen atoms in total. The topological polar surface area (TPSA) is 75.4 Å². The number of nitrogens with zero attached hydrogens (tertiary/aromatic N) is 3. The maximum atomic E-state index is 12.6. The molecule has 0 aliphatic carbocycles. The van der Waals surface area contributed by atoms with Crippen LogP contribution in [0.5, 0.6) is 0 Å². The van der Waals surface area contributed by atoms with E-state index in [0.29, 0.717) is 18.7 Å². The number of carboxylic acid groups (broad SMARTS) is 1. The molecule has 0 bridgehead atoms. The van der Waals surface area contributed by atoms with Gasteiger partial charge in [0.1, 0.15) is 0 Å². The van der Waals surface area contributed by atoms with Crippen LogP contribution in [0, 0.1) is 12.8 Å². The molecule has 3 rings (SSSR count). The van der Waals surface area contributed by atoms with Crippen LogP contribution < -0.4 is 0 Å². The average molecular weight is 327 g/mol. The summed E-state index contributed by atoms with van der Waals surface area (Å²) in [6, 6.07) is 9.36. The highest BCUT2D eigenvalue weighted by Crippen LogP contribution is 2.22. The summed E-state index contributed by atoms with van der Waals surface area (Å²) < 4.78 is 1.83. The monoisotopic (exact) mass is 327 g/mol. The van der Waals surface area contributed by atoms with Gasteiger partial charge < -0.3 is 10.0 Å². The molecule has 6 heteroatoms. The molecular weight excluding hydrogens is 306 g/mol. The molecule has 0 spiro atoms. The maximum Gasteiger partial charge on any atom is 0.303 e. The van der Waals surface area contributed by atoms with E-state index in [9.17, 15) is 9.59 Å². The van der Waals surface area contributed by atoms with E-state index in [1.165, 1.54) is 0 Å². The fourth-order valence-electron chi connectivity index (χ4n) is 3.15. The molecule has 1 aromatic carbocycles. The fraction of sp³-hybridized carbons (Fsp3) is 0.389. The largest absolute Gasteiger partial charge is 0.481 e. The van der Waals surface area contributed by atoms with Crippen molar-refractivity contribution in [2.24, 2.45) is 5.92 Å². The number of piperidine rings is 1. The molecular formula is C18H21N3O3. The minimum absolute atomic E-state index is 0.00696. The molecule has 1 N–H and O–H groups in total. The standard InChI is InChI=1S/C18H21N3O3/c1-13-6-9-19-21(13)16-4-2-15(3-5-16)18(24)20-10-7-14(8-11-20)12-17(22)23/h2-6,9,14H,7-8,10-12H2,1H3,(H,22,23). The lowest BCUT2D eigenvalue weighted by Crippen LogP contribution is -2.38. The van der Waals surface area contributed by atoms with Crippen molar-refractivity contribution in [3.05, 3.63) is 47.8 Å². The van der Waals surface area contributed by atoms with Crippen LogP contribution in [0.1, 0.15) is 35.3 Å². The maximum absolute atomic E-state index is 12.6. The van der Waals surface area contributed by atoms with Gasteiger partial charge in [-0.3, -0.25) is 9.59 Å². The Bertz CT molecular complexity index is 728. The zero-order chi connectivity index (χ0) is 17.1. The van der Waals surface area contributed by atoms with Crippen LogP contribution in [-0.4, -0.2) is 44.8 Å². The van der Waals surface area contributed by atoms with E-state index < -0.39 is 5.97 Å². The number of hydrogen-bond donors (Lipinski definition) is 1. The lowest BCUT2D eigenvalue weighted by atomic mass is 9.93. The van der Waals surface area contributed by atoms with Crippen molar-refractivity contribution < 1.29 is 14.7 Å². The lowest BCUT2D eigenvalue weighted by molar-refractivity contribution is -0.138. The Balaban J connectivity index is 1.64. The summed E-state index contributed by atoms with van der Waals surface area (Å²) in [6.07, 6.45) is 3.45. The van der Waals surface area contributed by atoms with E-state index in [-0.39, 0.29) is 18.2 Å². The molecule has 1 aliphatic heterocycles. The van der Waals surface area contributed by atoms with Crippen molar-refractivity contribution in [3.8, 4) is 5.69 Å². The van der Waals surface area contributed by atoms with Crippen LogP contribution in [0.4, 0.5) is 0 Å². The molecule has 1 aromatic heterocycles. The van der Waals surface area contributed by atoms with Gasteiger partial charge in [-0.05, 0) is 56.0 Å². The summed E-state index contributed by atoms with van der Waals surface area (Å²) in [5.74, 6) is -0.575. The predicted octanol–water partition coefficient (Wildman–Crippen LogP) is 2.51. The number of carbonyl (C=O) groups excluding carboxylic acids is 1. The van der Waals surface area contributed by atoms with E-state index in [2.05, 4.69) is 5.10 Å². The fourth-order valence-corrected chi connectivity index (χ4v) is 3.15. The van der Waals surface area contributed by atoms with Crippen LogP contribution in [0.15, 0.2) is 36.5 Å². The molecule has 1 amide bonds. The van der Waals surface area contributed by atoms with Crippen molar-refractivity contribution >= 4 is 11.9 Å². The van der Waals surface area contributed by atoms with Crippen molar-refractivity contribution in [1.29, 1.82) is 0 Å². The Morgan fingerprint density at radius 1 is 1.17 bits per heavy atom. The first-order valence-corrected chi connectivity index (χ1v) is 8.17. The highest BCUT2D eigenvalue weighted by molar-refractivity contribution is 5.94. The third-order valence-electron chi connectivity index (χ3n) is 4.56. The number of benzene rings is 1. The molecule has 1 saturated heterocycles. The van der Waals surface area contributed by atoms with Gasteiger partial charge in [0, 0.05) is 37.0 Å². The van der Waals surface area contributed by atoms with Gasteiger partial charge >= 0.3 is 5.97 Å². The number of aliphatic carboxylic acids is 1. The number of aryl methyl sites for hydroxylation is 1. The molecule has 24 heavy (non-hydrogen) atoms. The number of carbonyl (C=O) groups is 2. The normalized spacial score (nSPS) is 15.5. The summed E-state index contributed by atoms with van der Waals surface area (Å²) in [7, 11) is 0. The van der Waals surface area contributed by atoms with E-state index in [1.54, 1.807) is 6.20 Å². The SMILES string of the molecule is Cc1ccnn1-c1ccc(C(=O)N2CCC(CC(=O)O)CC2)cc1. The van der Waals surface area contributed by atoms with Gasteiger partial charge in [0.2, 0.25) is 0 Å². The Kier molecular flexibility index (Phi) is 4.64. The lowest BCUT2D eigenvalue weighted by Gasteiger charge is -2.31. The second kappa shape index (κ2) is 6.86. The predicted molar refractivity (Wildman–Crippen MR) is 89.2 cm³/mol. The van der Waals surface area contributed by atoms with E-state index in [0.717, 1.165) is 24.2 Å². The number of carboxylic acids is 1. The second-order valence-electron chi connectivity index (χ2n) is 6.26. The molecule has 126 valence electrons. The summed E-state index contributed by atoms with van der Waals surface area (Å²) >= 11 is 0. The number of hydrogen-bond acceptors (Lipinski definition) is 3. The minimum Gasteiger partial charge on any atom is -0.481 e. The molecule has 0 atom stereocenters. The van der Waals surface area contributed by atoms with Crippen molar-refractivity contribution in [3.63, 3.8) is 0 Å². The van der Waals surface area contributed by atoms with Crippen LogP contribution in [-0.2, 0) is 4.79 Å². The summed E-state index contributed by atoms with van der Waals surface area (Å²) in [5.41, 5.74) is 2.61. The van der Waals surface area contributed by atoms with Crippen molar-refractivity contribution in [2.45, 2.75) is 26.2 Å². The van der Waals surface area contributed by atoms with Gasteiger partial charge in [-0.25, -0.2) is 4.68 Å². The van der Waals surface area contributed by atoms with Crippen molar-refractivity contribution in [1.82, 2.24) is 14.7 Å².